The molecule has 0 aliphatic heterocycles. The second kappa shape index (κ2) is 16.7. The summed E-state index contributed by atoms with van der Waals surface area (Å²) in [4.78, 5) is 41.0. The Hall–Kier alpha value is -5.22. The van der Waals surface area contributed by atoms with Crippen molar-refractivity contribution in [3.05, 3.63) is 154 Å². The second-order valence-corrected chi connectivity index (χ2v) is 12.5. The van der Waals surface area contributed by atoms with Gasteiger partial charge in [-0.15, -0.1) is 11.8 Å². The van der Waals surface area contributed by atoms with Crippen LogP contribution in [-0.4, -0.2) is 31.9 Å². The minimum absolute atomic E-state index is 0.0121. The van der Waals surface area contributed by atoms with Crippen molar-refractivity contribution in [2.75, 3.05) is 24.9 Å². The molecular weight excluding hydrogens is 681 g/mol. The van der Waals surface area contributed by atoms with E-state index in [1.807, 2.05) is 30.3 Å². The normalized spacial score (nSPS) is 11.6. The highest BCUT2D eigenvalue weighted by Crippen LogP contribution is 2.37. The third kappa shape index (κ3) is 9.45. The molecule has 11 heteroatoms. The maximum absolute atomic E-state index is 13.7. The number of hydrogen-bond acceptors (Lipinski definition) is 6. The number of anilines is 2. The van der Waals surface area contributed by atoms with Gasteiger partial charge in [0.15, 0.2) is 0 Å². The fourth-order valence-electron chi connectivity index (χ4n) is 4.68. The van der Waals surface area contributed by atoms with Gasteiger partial charge in [0.1, 0.15) is 22.4 Å². The van der Waals surface area contributed by atoms with Crippen molar-refractivity contribution in [3.8, 4) is 11.5 Å². The first-order chi connectivity index (χ1) is 23.7. The molecule has 0 heterocycles. The highest BCUT2D eigenvalue weighted by Gasteiger charge is 2.23. The molecule has 8 nitrogen and oxygen atoms in total. The molecule has 248 valence electrons. The average molecular weight is 713 g/mol. The van der Waals surface area contributed by atoms with E-state index >= 15 is 0 Å². The number of nitrogens with one attached hydrogen (secondary N) is 3. The molecule has 5 aromatic carbocycles. The number of thioether (sulfide) groups is 1. The summed E-state index contributed by atoms with van der Waals surface area (Å²) in [5, 5.41) is 8.64. The summed E-state index contributed by atoms with van der Waals surface area (Å²) in [7, 11) is 3.05. The summed E-state index contributed by atoms with van der Waals surface area (Å²) < 4.78 is 10.8. The zero-order valence-corrected chi connectivity index (χ0v) is 28.7. The van der Waals surface area contributed by atoms with Gasteiger partial charge in [0.2, 0.25) is 5.91 Å². The molecule has 0 aliphatic rings. The number of benzene rings is 5. The van der Waals surface area contributed by atoms with Crippen LogP contribution in [0.4, 0.5) is 11.4 Å². The highest BCUT2D eigenvalue weighted by atomic mass is 35.5. The molecule has 0 fully saturated rings. The Morgan fingerprint density at radius 1 is 0.714 bits per heavy atom. The lowest BCUT2D eigenvalue weighted by molar-refractivity contribution is -0.116. The Kier molecular flexibility index (Phi) is 12.0. The first-order valence-electron chi connectivity index (χ1n) is 14.9. The van der Waals surface area contributed by atoms with Gasteiger partial charge in [0.05, 0.1) is 24.3 Å². The van der Waals surface area contributed by atoms with Gasteiger partial charge in [-0.2, -0.15) is 0 Å². The van der Waals surface area contributed by atoms with Gasteiger partial charge in [-0.3, -0.25) is 14.4 Å². The number of methoxy groups -OCH3 is 2. The van der Waals surface area contributed by atoms with Crippen LogP contribution in [0, 0.1) is 0 Å². The third-order valence-corrected chi connectivity index (χ3v) is 9.16. The lowest BCUT2D eigenvalue weighted by Crippen LogP contribution is -2.30. The van der Waals surface area contributed by atoms with Crippen molar-refractivity contribution in [1.82, 2.24) is 5.32 Å². The average Bonchev–Trinajstić information content (AvgIpc) is 3.13. The van der Waals surface area contributed by atoms with Gasteiger partial charge in [0, 0.05) is 27.4 Å². The summed E-state index contributed by atoms with van der Waals surface area (Å²) in [5.74, 6) is -0.227. The van der Waals surface area contributed by atoms with Crippen LogP contribution in [0.3, 0.4) is 0 Å². The molecule has 49 heavy (non-hydrogen) atoms. The van der Waals surface area contributed by atoms with Gasteiger partial charge < -0.3 is 25.4 Å². The van der Waals surface area contributed by atoms with Crippen molar-refractivity contribution in [3.63, 3.8) is 0 Å². The van der Waals surface area contributed by atoms with Crippen LogP contribution in [0.15, 0.2) is 132 Å². The lowest BCUT2D eigenvalue weighted by atomic mass is 10.1. The fraction of sp³-hybridized carbons (Fsp3) is 0.0789. The van der Waals surface area contributed by atoms with Crippen molar-refractivity contribution in [1.29, 1.82) is 0 Å². The Labute approximate surface area is 298 Å². The highest BCUT2D eigenvalue weighted by molar-refractivity contribution is 8.00. The van der Waals surface area contributed by atoms with Gasteiger partial charge in [-0.1, -0.05) is 71.7 Å². The number of amides is 3. The van der Waals surface area contributed by atoms with Crippen molar-refractivity contribution >= 4 is 70.1 Å². The molecule has 3 N–H and O–H groups in total. The molecule has 0 aliphatic carbocycles. The number of carbonyl (C=O) groups excluding carboxylic acids is 3. The summed E-state index contributed by atoms with van der Waals surface area (Å²) in [6.07, 6.45) is 1.53. The summed E-state index contributed by atoms with van der Waals surface area (Å²) >= 11 is 13.6. The van der Waals surface area contributed by atoms with Gasteiger partial charge in [0.25, 0.3) is 11.8 Å². The summed E-state index contributed by atoms with van der Waals surface area (Å²) in [6, 6.07) is 35.1. The van der Waals surface area contributed by atoms with Crippen LogP contribution in [0.25, 0.3) is 6.08 Å². The molecule has 0 aromatic heterocycles. The smallest absolute Gasteiger partial charge is 0.272 e. The number of rotatable bonds is 12. The molecule has 0 saturated carbocycles. The Morgan fingerprint density at radius 2 is 1.39 bits per heavy atom. The van der Waals surface area contributed by atoms with E-state index in [9.17, 15) is 14.4 Å². The van der Waals surface area contributed by atoms with E-state index in [0.717, 1.165) is 10.5 Å². The molecular formula is C38H31Cl2N3O5S. The van der Waals surface area contributed by atoms with E-state index in [-0.39, 0.29) is 11.6 Å². The predicted octanol–water partition coefficient (Wildman–Crippen LogP) is 8.89. The van der Waals surface area contributed by atoms with Crippen LogP contribution >= 0.6 is 35.0 Å². The van der Waals surface area contributed by atoms with Gasteiger partial charge >= 0.3 is 0 Å². The first kappa shape index (κ1) is 35.1. The predicted molar refractivity (Wildman–Crippen MR) is 197 cm³/mol. The lowest BCUT2D eigenvalue weighted by Gasteiger charge is -2.18. The molecule has 0 spiro atoms. The minimum atomic E-state index is -0.600. The molecule has 0 bridgehead atoms. The van der Waals surface area contributed by atoms with E-state index in [0.29, 0.717) is 44.0 Å². The van der Waals surface area contributed by atoms with Crippen molar-refractivity contribution in [2.24, 2.45) is 0 Å². The fourth-order valence-corrected chi connectivity index (χ4v) is 6.01. The zero-order valence-electron chi connectivity index (χ0n) is 26.4. The number of ether oxygens (including phenoxy) is 2. The largest absolute Gasteiger partial charge is 0.497 e. The molecule has 0 saturated heterocycles. The van der Waals surface area contributed by atoms with E-state index < -0.39 is 17.1 Å². The van der Waals surface area contributed by atoms with E-state index in [2.05, 4.69) is 16.0 Å². The van der Waals surface area contributed by atoms with Crippen molar-refractivity contribution in [2.45, 2.75) is 10.1 Å². The second-order valence-electron chi connectivity index (χ2n) is 10.5. The maximum Gasteiger partial charge on any atom is 0.272 e. The van der Waals surface area contributed by atoms with Crippen LogP contribution in [-0.2, 0) is 9.59 Å². The molecule has 5 rings (SSSR count). The van der Waals surface area contributed by atoms with Crippen LogP contribution in [0.1, 0.15) is 26.7 Å². The first-order valence-corrected chi connectivity index (χ1v) is 16.6. The topological polar surface area (TPSA) is 106 Å². The standard InChI is InChI=1S/C38H31Cl2N3O5S/c1-47-29-16-20-34(48-2)26(21-29)22-33(43-36(44)25-11-7-4-8-12-25)37(45)41-27-13-17-30(18-14-27)49-35(24-9-5-3-6-10-24)38(46)42-28-15-19-31(39)32(40)23-28/h3-23,35H,1-2H3,(H,41,45)(H,42,46)(H,43,44)/b33-22-. The molecule has 1 unspecified atom stereocenters. The Morgan fingerprint density at radius 3 is 2.04 bits per heavy atom. The number of carbonyl (C=O) groups is 3. The van der Waals surface area contributed by atoms with Gasteiger partial charge in [-0.25, -0.2) is 0 Å². The van der Waals surface area contributed by atoms with E-state index in [1.54, 1.807) is 91.0 Å². The molecule has 3 amide bonds. The number of halogens is 2. The van der Waals surface area contributed by atoms with Crippen LogP contribution < -0.4 is 25.4 Å². The molecule has 1 atom stereocenters. The SMILES string of the molecule is COc1ccc(OC)c(/C=C(\NC(=O)c2ccccc2)C(=O)Nc2ccc(SC(C(=O)Nc3ccc(Cl)c(Cl)c3)c3ccccc3)cc2)c1. The quantitative estimate of drug-likeness (QED) is 0.0882. The zero-order chi connectivity index (χ0) is 34.8. The molecule has 5 aromatic rings. The maximum atomic E-state index is 13.7. The third-order valence-electron chi connectivity index (χ3n) is 7.16. The summed E-state index contributed by atoms with van der Waals surface area (Å²) in [5.41, 5.74) is 2.70. The molecule has 0 radical (unpaired) electrons. The van der Waals surface area contributed by atoms with E-state index in [4.69, 9.17) is 32.7 Å². The van der Waals surface area contributed by atoms with Crippen molar-refractivity contribution < 1.29 is 23.9 Å². The van der Waals surface area contributed by atoms with E-state index in [1.165, 1.54) is 32.1 Å². The summed E-state index contributed by atoms with van der Waals surface area (Å²) in [6.45, 7) is 0. The Balaban J connectivity index is 1.36. The Bertz CT molecular complexity index is 1970. The number of hydrogen-bond donors (Lipinski definition) is 3. The van der Waals surface area contributed by atoms with Gasteiger partial charge in [-0.05, 0) is 84.4 Å². The van der Waals surface area contributed by atoms with Crippen LogP contribution in [0.5, 0.6) is 11.5 Å². The minimum Gasteiger partial charge on any atom is -0.497 e. The monoisotopic (exact) mass is 711 g/mol. The van der Waals surface area contributed by atoms with Crippen LogP contribution in [0.2, 0.25) is 10.0 Å².